The lowest BCUT2D eigenvalue weighted by atomic mass is 10.0. The van der Waals surface area contributed by atoms with E-state index in [0.717, 1.165) is 38.4 Å². The Morgan fingerprint density at radius 1 is 1.24 bits per heavy atom. The molecule has 0 spiro atoms. The van der Waals surface area contributed by atoms with Crippen LogP contribution in [-0.2, 0) is 9.47 Å². The average Bonchev–Trinajstić information content (AvgIpc) is 2.42. The number of thiol groups is 1. The maximum Gasteiger partial charge on any atom is 0.0619 e. The third-order valence-electron chi connectivity index (χ3n) is 3.19. The van der Waals surface area contributed by atoms with Crippen LogP contribution in [0.1, 0.15) is 24.3 Å². The second kappa shape index (κ2) is 7.04. The van der Waals surface area contributed by atoms with Gasteiger partial charge in [-0.05, 0) is 24.2 Å². The van der Waals surface area contributed by atoms with Crippen LogP contribution in [0.15, 0.2) is 30.3 Å². The molecule has 0 aliphatic carbocycles. The summed E-state index contributed by atoms with van der Waals surface area (Å²) in [5.74, 6) is 1.22. The van der Waals surface area contributed by atoms with Crippen molar-refractivity contribution >= 4 is 12.6 Å². The lowest BCUT2D eigenvalue weighted by Gasteiger charge is -2.25. The van der Waals surface area contributed by atoms with Crippen molar-refractivity contribution in [3.63, 3.8) is 0 Å². The fourth-order valence-corrected chi connectivity index (χ4v) is 2.39. The van der Waals surface area contributed by atoms with Gasteiger partial charge in [0.25, 0.3) is 0 Å². The molecular weight excluding hydrogens is 232 g/mol. The quantitative estimate of drug-likeness (QED) is 0.812. The second-order valence-corrected chi connectivity index (χ2v) is 4.80. The van der Waals surface area contributed by atoms with E-state index in [-0.39, 0.29) is 0 Å². The van der Waals surface area contributed by atoms with E-state index in [1.54, 1.807) is 0 Å². The highest BCUT2D eigenvalue weighted by Crippen LogP contribution is 2.20. The van der Waals surface area contributed by atoms with E-state index in [0.29, 0.717) is 12.0 Å². The van der Waals surface area contributed by atoms with Crippen molar-refractivity contribution in [3.05, 3.63) is 35.9 Å². The zero-order valence-corrected chi connectivity index (χ0v) is 10.9. The van der Waals surface area contributed by atoms with Gasteiger partial charge in [0.05, 0.1) is 12.7 Å². The lowest BCUT2D eigenvalue weighted by Crippen LogP contribution is -2.25. The predicted octanol–water partition coefficient (Wildman–Crippen LogP) is 2.90. The molecular formula is C14H20O2S. The normalized spacial score (nSPS) is 19.1. The first-order chi connectivity index (χ1) is 8.40. The van der Waals surface area contributed by atoms with Crippen LogP contribution >= 0.6 is 12.6 Å². The number of rotatable bonds is 5. The van der Waals surface area contributed by atoms with Gasteiger partial charge in [0.2, 0.25) is 0 Å². The molecule has 0 saturated carbocycles. The molecule has 1 aliphatic rings. The molecule has 94 valence electrons. The molecule has 1 aromatic rings. The van der Waals surface area contributed by atoms with Crippen LogP contribution in [0.25, 0.3) is 0 Å². The minimum absolute atomic E-state index is 0.370. The van der Waals surface area contributed by atoms with Gasteiger partial charge >= 0.3 is 0 Å². The second-order valence-electron chi connectivity index (χ2n) is 4.44. The first-order valence-corrected chi connectivity index (χ1v) is 6.88. The monoisotopic (exact) mass is 252 g/mol. The summed E-state index contributed by atoms with van der Waals surface area (Å²) in [5, 5.41) is 0. The largest absolute Gasteiger partial charge is 0.381 e. The van der Waals surface area contributed by atoms with Crippen molar-refractivity contribution in [3.8, 4) is 0 Å². The van der Waals surface area contributed by atoms with Gasteiger partial charge in [-0.25, -0.2) is 0 Å². The first kappa shape index (κ1) is 12.9. The van der Waals surface area contributed by atoms with E-state index in [1.165, 1.54) is 5.56 Å². The molecule has 0 bridgehead atoms. The fraction of sp³-hybridized carbons (Fsp3) is 0.571. The topological polar surface area (TPSA) is 18.5 Å². The lowest BCUT2D eigenvalue weighted by molar-refractivity contribution is -0.0347. The highest BCUT2D eigenvalue weighted by atomic mass is 32.1. The molecule has 0 radical (unpaired) electrons. The number of ether oxygens (including phenoxy) is 2. The Balaban J connectivity index is 1.83. The van der Waals surface area contributed by atoms with E-state index in [4.69, 9.17) is 9.47 Å². The molecule has 1 aromatic carbocycles. The Morgan fingerprint density at radius 3 is 2.59 bits per heavy atom. The summed E-state index contributed by atoms with van der Waals surface area (Å²) in [7, 11) is 0. The molecule has 17 heavy (non-hydrogen) atoms. The van der Waals surface area contributed by atoms with Gasteiger partial charge in [0, 0.05) is 19.1 Å². The molecule has 2 rings (SSSR count). The van der Waals surface area contributed by atoms with E-state index >= 15 is 0 Å². The number of hydrogen-bond donors (Lipinski definition) is 1. The van der Waals surface area contributed by atoms with Gasteiger partial charge in [-0.3, -0.25) is 0 Å². The highest BCUT2D eigenvalue weighted by Gasteiger charge is 2.17. The number of hydrogen-bond acceptors (Lipinski definition) is 3. The van der Waals surface area contributed by atoms with Crippen molar-refractivity contribution in [2.45, 2.75) is 24.9 Å². The van der Waals surface area contributed by atoms with Crippen LogP contribution in [0.5, 0.6) is 0 Å². The smallest absolute Gasteiger partial charge is 0.0619 e. The molecule has 0 N–H and O–H groups in total. The predicted molar refractivity (Wildman–Crippen MR) is 72.8 cm³/mol. The van der Waals surface area contributed by atoms with Crippen LogP contribution < -0.4 is 0 Å². The Labute approximate surface area is 109 Å². The molecule has 1 fully saturated rings. The van der Waals surface area contributed by atoms with Crippen LogP contribution in [0.2, 0.25) is 0 Å². The van der Waals surface area contributed by atoms with Gasteiger partial charge in [-0.2, -0.15) is 12.6 Å². The zero-order valence-electron chi connectivity index (χ0n) is 10.0. The molecule has 1 atom stereocenters. The minimum Gasteiger partial charge on any atom is -0.381 e. The summed E-state index contributed by atoms with van der Waals surface area (Å²) in [6, 6.07) is 10.5. The van der Waals surface area contributed by atoms with Crippen molar-refractivity contribution in [1.29, 1.82) is 0 Å². The van der Waals surface area contributed by atoms with Crippen molar-refractivity contribution in [2.75, 3.05) is 25.6 Å². The van der Waals surface area contributed by atoms with E-state index in [9.17, 15) is 0 Å². The van der Waals surface area contributed by atoms with Crippen molar-refractivity contribution in [2.24, 2.45) is 0 Å². The van der Waals surface area contributed by atoms with Gasteiger partial charge in [-0.15, -0.1) is 0 Å². The molecule has 2 nitrogen and oxygen atoms in total. The summed E-state index contributed by atoms with van der Waals surface area (Å²) in [6.07, 6.45) is 2.41. The highest BCUT2D eigenvalue weighted by molar-refractivity contribution is 7.80. The minimum atomic E-state index is 0.370. The molecule has 0 aromatic heterocycles. The van der Waals surface area contributed by atoms with Gasteiger partial charge in [0.15, 0.2) is 0 Å². The average molecular weight is 252 g/mol. The molecule has 3 heteroatoms. The summed E-state index contributed by atoms with van der Waals surface area (Å²) >= 11 is 4.42. The molecule has 1 heterocycles. The molecule has 0 amide bonds. The summed E-state index contributed by atoms with van der Waals surface area (Å²) in [5.41, 5.74) is 1.31. The van der Waals surface area contributed by atoms with Gasteiger partial charge < -0.3 is 9.47 Å². The maximum atomic E-state index is 5.96. The standard InChI is InChI=1S/C14H20O2S/c17-11-13(12-4-2-1-3-5-12)10-16-14-6-8-15-9-7-14/h1-5,13-14,17H,6-11H2. The fourth-order valence-electron chi connectivity index (χ4n) is 2.07. The van der Waals surface area contributed by atoms with E-state index in [1.807, 2.05) is 6.07 Å². The van der Waals surface area contributed by atoms with Crippen LogP contribution in [0.3, 0.4) is 0 Å². The van der Waals surface area contributed by atoms with Crippen LogP contribution in [-0.4, -0.2) is 31.7 Å². The zero-order chi connectivity index (χ0) is 11.9. The third kappa shape index (κ3) is 4.02. The Morgan fingerprint density at radius 2 is 1.94 bits per heavy atom. The Kier molecular flexibility index (Phi) is 5.36. The van der Waals surface area contributed by atoms with E-state index in [2.05, 4.69) is 36.9 Å². The van der Waals surface area contributed by atoms with Crippen molar-refractivity contribution < 1.29 is 9.47 Å². The summed E-state index contributed by atoms with van der Waals surface area (Å²) in [6.45, 7) is 2.43. The summed E-state index contributed by atoms with van der Waals surface area (Å²) in [4.78, 5) is 0. The van der Waals surface area contributed by atoms with E-state index < -0.39 is 0 Å². The van der Waals surface area contributed by atoms with Gasteiger partial charge in [0.1, 0.15) is 0 Å². The van der Waals surface area contributed by atoms with Gasteiger partial charge in [-0.1, -0.05) is 30.3 Å². The SMILES string of the molecule is SCC(COC1CCOCC1)c1ccccc1. The van der Waals surface area contributed by atoms with Crippen LogP contribution in [0, 0.1) is 0 Å². The molecule has 1 aliphatic heterocycles. The Bertz CT molecular complexity index is 309. The molecule has 1 unspecified atom stereocenters. The van der Waals surface area contributed by atoms with Crippen LogP contribution in [0.4, 0.5) is 0 Å². The maximum absolute atomic E-state index is 5.96. The van der Waals surface area contributed by atoms with Crippen molar-refractivity contribution in [1.82, 2.24) is 0 Å². The first-order valence-electron chi connectivity index (χ1n) is 6.25. The molecule has 1 saturated heterocycles. The number of benzene rings is 1. The summed E-state index contributed by atoms with van der Waals surface area (Å²) < 4.78 is 11.3. The Hall–Kier alpha value is -0.510. The third-order valence-corrected chi connectivity index (χ3v) is 3.63.